The standard InChI is InChI=1S/C15H18N2O2.C7H8/c1-15(2,13-16-8-9-18-13)14-17-12(10-19-14)11-6-4-3-5-7-11;1-7-5-3-2-4-6-7/h3-7,12H,8-10H2,1-2H3;2-6H,1H3. The molecule has 4 nitrogen and oxygen atoms in total. The fraction of sp³-hybridized carbons (Fsp3) is 0.364. The first-order chi connectivity index (χ1) is 12.6. The molecule has 0 radical (unpaired) electrons. The minimum Gasteiger partial charge on any atom is -0.478 e. The van der Waals surface area contributed by atoms with Gasteiger partial charge in [0.25, 0.3) is 0 Å². The summed E-state index contributed by atoms with van der Waals surface area (Å²) in [6.07, 6.45) is 0. The second-order valence-electron chi connectivity index (χ2n) is 6.99. The molecular formula is C22H26N2O2. The maximum absolute atomic E-state index is 5.79. The average molecular weight is 350 g/mol. The maximum Gasteiger partial charge on any atom is 0.199 e. The largest absolute Gasteiger partial charge is 0.478 e. The third kappa shape index (κ3) is 4.31. The van der Waals surface area contributed by atoms with E-state index in [1.54, 1.807) is 0 Å². The highest BCUT2D eigenvalue weighted by molar-refractivity contribution is 6.05. The van der Waals surface area contributed by atoms with Crippen molar-refractivity contribution in [2.45, 2.75) is 26.8 Å². The highest BCUT2D eigenvalue weighted by Gasteiger charge is 2.39. The molecule has 2 aliphatic rings. The summed E-state index contributed by atoms with van der Waals surface area (Å²) < 4.78 is 11.3. The Kier molecular flexibility index (Phi) is 5.71. The van der Waals surface area contributed by atoms with Crippen LogP contribution in [0.2, 0.25) is 0 Å². The lowest BCUT2D eigenvalue weighted by Gasteiger charge is -2.22. The molecule has 4 heteroatoms. The zero-order chi connectivity index (χ0) is 18.4. The van der Waals surface area contributed by atoms with E-state index in [9.17, 15) is 0 Å². The second kappa shape index (κ2) is 8.17. The SMILES string of the molecule is CC(C)(C1=NCCO1)C1=NC(c2ccccc2)CO1.Cc1ccccc1. The van der Waals surface area contributed by atoms with E-state index in [0.717, 1.165) is 18.3 Å². The van der Waals surface area contributed by atoms with Crippen molar-refractivity contribution in [3.63, 3.8) is 0 Å². The van der Waals surface area contributed by atoms with Crippen LogP contribution in [0.25, 0.3) is 0 Å². The summed E-state index contributed by atoms with van der Waals surface area (Å²) in [7, 11) is 0. The van der Waals surface area contributed by atoms with Crippen LogP contribution in [-0.4, -0.2) is 31.6 Å². The Bertz CT molecular complexity index is 767. The van der Waals surface area contributed by atoms with Gasteiger partial charge in [-0.1, -0.05) is 66.2 Å². The summed E-state index contributed by atoms with van der Waals surface area (Å²) in [5, 5.41) is 0. The first-order valence-electron chi connectivity index (χ1n) is 9.03. The molecule has 1 atom stereocenters. The van der Waals surface area contributed by atoms with E-state index in [4.69, 9.17) is 14.5 Å². The highest BCUT2D eigenvalue weighted by atomic mass is 16.5. The fourth-order valence-corrected chi connectivity index (χ4v) is 2.90. The monoisotopic (exact) mass is 350 g/mol. The van der Waals surface area contributed by atoms with Crippen LogP contribution in [0.1, 0.15) is 31.0 Å². The number of benzene rings is 2. The van der Waals surface area contributed by atoms with Crippen LogP contribution in [0.5, 0.6) is 0 Å². The minimum atomic E-state index is -0.375. The summed E-state index contributed by atoms with van der Waals surface area (Å²) in [5.41, 5.74) is 2.13. The molecular weight excluding hydrogens is 324 g/mol. The molecule has 2 aromatic carbocycles. The van der Waals surface area contributed by atoms with Gasteiger partial charge in [-0.3, -0.25) is 4.99 Å². The average Bonchev–Trinajstić information content (AvgIpc) is 3.36. The van der Waals surface area contributed by atoms with Crippen LogP contribution in [0.3, 0.4) is 0 Å². The Balaban J connectivity index is 0.000000236. The van der Waals surface area contributed by atoms with Crippen molar-refractivity contribution in [3.05, 3.63) is 71.8 Å². The van der Waals surface area contributed by atoms with Crippen molar-refractivity contribution in [3.8, 4) is 0 Å². The summed E-state index contributed by atoms with van der Waals surface area (Å²) >= 11 is 0. The fourth-order valence-electron chi connectivity index (χ4n) is 2.90. The second-order valence-corrected chi connectivity index (χ2v) is 6.99. The number of hydrogen-bond acceptors (Lipinski definition) is 4. The molecule has 0 bridgehead atoms. The van der Waals surface area contributed by atoms with Gasteiger partial charge in [-0.05, 0) is 26.3 Å². The van der Waals surface area contributed by atoms with Gasteiger partial charge in [-0.25, -0.2) is 4.99 Å². The summed E-state index contributed by atoms with van der Waals surface area (Å²) in [6, 6.07) is 20.6. The van der Waals surface area contributed by atoms with Gasteiger partial charge >= 0.3 is 0 Å². The molecule has 4 rings (SSSR count). The zero-order valence-electron chi connectivity index (χ0n) is 15.7. The predicted molar refractivity (Wildman–Crippen MR) is 106 cm³/mol. The minimum absolute atomic E-state index is 0.0810. The number of ether oxygens (including phenoxy) is 2. The molecule has 2 aliphatic heterocycles. The molecule has 0 aliphatic carbocycles. The van der Waals surface area contributed by atoms with Crippen molar-refractivity contribution >= 4 is 11.8 Å². The third-order valence-electron chi connectivity index (χ3n) is 4.43. The van der Waals surface area contributed by atoms with Crippen LogP contribution in [0.15, 0.2) is 70.6 Å². The van der Waals surface area contributed by atoms with E-state index in [0.29, 0.717) is 13.2 Å². The first kappa shape index (κ1) is 18.2. The smallest absolute Gasteiger partial charge is 0.199 e. The van der Waals surface area contributed by atoms with Gasteiger partial charge in [0, 0.05) is 0 Å². The van der Waals surface area contributed by atoms with Crippen molar-refractivity contribution in [2.24, 2.45) is 15.4 Å². The number of aryl methyl sites for hydroxylation is 1. The van der Waals surface area contributed by atoms with Crippen LogP contribution < -0.4 is 0 Å². The van der Waals surface area contributed by atoms with E-state index in [1.165, 1.54) is 11.1 Å². The van der Waals surface area contributed by atoms with Crippen LogP contribution >= 0.6 is 0 Å². The van der Waals surface area contributed by atoms with E-state index in [-0.39, 0.29) is 11.5 Å². The van der Waals surface area contributed by atoms with Crippen molar-refractivity contribution < 1.29 is 9.47 Å². The van der Waals surface area contributed by atoms with Gasteiger partial charge in [0.05, 0.1) is 6.54 Å². The third-order valence-corrected chi connectivity index (χ3v) is 4.43. The molecule has 136 valence electrons. The van der Waals surface area contributed by atoms with Gasteiger partial charge in [0.1, 0.15) is 24.7 Å². The van der Waals surface area contributed by atoms with Gasteiger partial charge in [-0.2, -0.15) is 0 Å². The summed E-state index contributed by atoms with van der Waals surface area (Å²) in [5.74, 6) is 1.46. The van der Waals surface area contributed by atoms with Crippen molar-refractivity contribution in [2.75, 3.05) is 19.8 Å². The Morgan fingerprint density at radius 3 is 2.08 bits per heavy atom. The van der Waals surface area contributed by atoms with Crippen molar-refractivity contribution in [1.82, 2.24) is 0 Å². The summed E-state index contributed by atoms with van der Waals surface area (Å²) in [4.78, 5) is 9.09. The first-order valence-corrected chi connectivity index (χ1v) is 9.03. The normalized spacial score (nSPS) is 18.8. The molecule has 2 heterocycles. The zero-order valence-corrected chi connectivity index (χ0v) is 15.7. The Hall–Kier alpha value is -2.62. The van der Waals surface area contributed by atoms with E-state index in [1.807, 2.05) is 50.2 Å². The van der Waals surface area contributed by atoms with Gasteiger partial charge < -0.3 is 9.47 Å². The maximum atomic E-state index is 5.79. The predicted octanol–water partition coefficient (Wildman–Crippen LogP) is 4.61. The Labute approximate surface area is 155 Å². The molecule has 0 N–H and O–H groups in total. The molecule has 1 unspecified atom stereocenters. The number of nitrogens with zero attached hydrogens (tertiary/aromatic N) is 2. The Morgan fingerprint density at radius 1 is 0.885 bits per heavy atom. The molecule has 0 spiro atoms. The van der Waals surface area contributed by atoms with Gasteiger partial charge in [0.15, 0.2) is 11.8 Å². The van der Waals surface area contributed by atoms with Gasteiger partial charge in [0.2, 0.25) is 0 Å². The molecule has 2 aromatic rings. The van der Waals surface area contributed by atoms with E-state index in [2.05, 4.69) is 36.2 Å². The van der Waals surface area contributed by atoms with E-state index < -0.39 is 0 Å². The number of aliphatic imine (C=N–C) groups is 2. The molecule has 0 saturated carbocycles. The topological polar surface area (TPSA) is 43.2 Å². The lowest BCUT2D eigenvalue weighted by Crippen LogP contribution is -2.34. The number of rotatable bonds is 3. The van der Waals surface area contributed by atoms with E-state index >= 15 is 0 Å². The lowest BCUT2D eigenvalue weighted by atomic mass is 9.93. The molecule has 0 saturated heterocycles. The highest BCUT2D eigenvalue weighted by Crippen LogP contribution is 2.32. The Morgan fingerprint density at radius 2 is 1.54 bits per heavy atom. The number of hydrogen-bond donors (Lipinski definition) is 0. The quantitative estimate of drug-likeness (QED) is 0.811. The lowest BCUT2D eigenvalue weighted by molar-refractivity contribution is 0.272. The molecule has 26 heavy (non-hydrogen) atoms. The molecule has 0 aromatic heterocycles. The van der Waals surface area contributed by atoms with Crippen LogP contribution in [0, 0.1) is 12.3 Å². The summed E-state index contributed by atoms with van der Waals surface area (Å²) in [6.45, 7) is 8.16. The van der Waals surface area contributed by atoms with Gasteiger partial charge in [-0.15, -0.1) is 0 Å². The van der Waals surface area contributed by atoms with Crippen molar-refractivity contribution in [1.29, 1.82) is 0 Å². The van der Waals surface area contributed by atoms with Crippen LogP contribution in [0.4, 0.5) is 0 Å². The molecule has 0 amide bonds. The molecule has 0 fully saturated rings. The van der Waals surface area contributed by atoms with Crippen LogP contribution in [-0.2, 0) is 9.47 Å².